The van der Waals surface area contributed by atoms with Crippen LogP contribution in [0.1, 0.15) is 5.56 Å². The quantitative estimate of drug-likeness (QED) is 0.304. The van der Waals surface area contributed by atoms with E-state index in [9.17, 15) is 0 Å². The van der Waals surface area contributed by atoms with Gasteiger partial charge >= 0.3 is 0 Å². The van der Waals surface area contributed by atoms with E-state index in [1.54, 1.807) is 0 Å². The monoisotopic (exact) mass is 385 g/mol. The third-order valence-corrected chi connectivity index (χ3v) is 5.84. The van der Waals surface area contributed by atoms with E-state index < -0.39 is 0 Å². The summed E-state index contributed by atoms with van der Waals surface area (Å²) in [5.41, 5.74) is 7.47. The fourth-order valence-electron chi connectivity index (χ4n) is 4.32. The van der Waals surface area contributed by atoms with Gasteiger partial charge in [0.1, 0.15) is 11.2 Å². The number of aromatic nitrogens is 1. The van der Waals surface area contributed by atoms with Gasteiger partial charge < -0.3 is 4.42 Å². The number of fused-ring (bicyclic) bond motifs is 5. The van der Waals surface area contributed by atoms with Crippen molar-refractivity contribution in [3.05, 3.63) is 103 Å². The number of nitrogens with zero attached hydrogens (tertiary/aromatic N) is 1. The maximum absolute atomic E-state index is 6.14. The highest BCUT2D eigenvalue weighted by molar-refractivity contribution is 6.19. The highest BCUT2D eigenvalue weighted by Crippen LogP contribution is 2.37. The van der Waals surface area contributed by atoms with Crippen LogP contribution in [0.5, 0.6) is 0 Å². The van der Waals surface area contributed by atoms with Gasteiger partial charge in [0.15, 0.2) is 0 Å². The molecule has 0 amide bonds. The van der Waals surface area contributed by atoms with Crippen LogP contribution >= 0.6 is 0 Å². The lowest BCUT2D eigenvalue weighted by atomic mass is 9.98. The van der Waals surface area contributed by atoms with E-state index in [4.69, 9.17) is 9.40 Å². The molecule has 0 spiro atoms. The van der Waals surface area contributed by atoms with Crippen molar-refractivity contribution in [1.82, 2.24) is 4.98 Å². The standard InChI is InChI=1S/C28H19NO/c1-18-17-29-25(16-23(18)19-7-3-2-4-8-19)21-12-13-26-24(15-21)28-22-10-6-5-9-20(22)11-14-27(28)30-26/h2-17H,1H3. The molecule has 2 nitrogen and oxygen atoms in total. The number of benzene rings is 4. The van der Waals surface area contributed by atoms with Crippen molar-refractivity contribution in [1.29, 1.82) is 0 Å². The van der Waals surface area contributed by atoms with Gasteiger partial charge in [-0.2, -0.15) is 0 Å². The molecule has 0 saturated carbocycles. The molecule has 2 heterocycles. The molecule has 0 N–H and O–H groups in total. The Kier molecular flexibility index (Phi) is 3.72. The van der Waals surface area contributed by atoms with Gasteiger partial charge in [-0.3, -0.25) is 4.98 Å². The van der Waals surface area contributed by atoms with Crippen LogP contribution in [-0.2, 0) is 0 Å². The molecule has 0 atom stereocenters. The minimum absolute atomic E-state index is 0.903. The van der Waals surface area contributed by atoms with Crippen molar-refractivity contribution in [2.24, 2.45) is 0 Å². The van der Waals surface area contributed by atoms with Crippen LogP contribution in [0.2, 0.25) is 0 Å². The first-order chi connectivity index (χ1) is 14.8. The molecule has 2 heteroatoms. The average molecular weight is 385 g/mol. The van der Waals surface area contributed by atoms with Gasteiger partial charge in [-0.25, -0.2) is 0 Å². The predicted octanol–water partition coefficient (Wildman–Crippen LogP) is 7.78. The lowest BCUT2D eigenvalue weighted by Gasteiger charge is -2.09. The minimum atomic E-state index is 0.903. The van der Waals surface area contributed by atoms with E-state index in [2.05, 4.69) is 91.9 Å². The van der Waals surface area contributed by atoms with Crippen LogP contribution in [0.3, 0.4) is 0 Å². The van der Waals surface area contributed by atoms with Crippen molar-refractivity contribution < 1.29 is 4.42 Å². The largest absolute Gasteiger partial charge is 0.456 e. The summed E-state index contributed by atoms with van der Waals surface area (Å²) in [6, 6.07) is 31.7. The zero-order chi connectivity index (χ0) is 20.1. The molecular weight excluding hydrogens is 366 g/mol. The molecule has 142 valence electrons. The third kappa shape index (κ3) is 2.61. The van der Waals surface area contributed by atoms with Crippen LogP contribution in [-0.4, -0.2) is 4.98 Å². The first kappa shape index (κ1) is 17.0. The zero-order valence-corrected chi connectivity index (χ0v) is 16.6. The first-order valence-electron chi connectivity index (χ1n) is 10.1. The molecule has 2 aromatic heterocycles. The van der Waals surface area contributed by atoms with Crippen molar-refractivity contribution in [2.75, 3.05) is 0 Å². The van der Waals surface area contributed by atoms with Crippen LogP contribution in [0.15, 0.2) is 102 Å². The second-order valence-electron chi connectivity index (χ2n) is 7.72. The summed E-state index contributed by atoms with van der Waals surface area (Å²) in [5.74, 6) is 0. The highest BCUT2D eigenvalue weighted by Gasteiger charge is 2.13. The predicted molar refractivity (Wildman–Crippen MR) is 125 cm³/mol. The topological polar surface area (TPSA) is 26.0 Å². The van der Waals surface area contributed by atoms with E-state index >= 15 is 0 Å². The fraction of sp³-hybridized carbons (Fsp3) is 0.0357. The number of rotatable bonds is 2. The lowest BCUT2D eigenvalue weighted by molar-refractivity contribution is 0.669. The Labute approximate surface area is 174 Å². The van der Waals surface area contributed by atoms with Crippen LogP contribution in [0.4, 0.5) is 0 Å². The molecule has 0 bridgehead atoms. The number of furan rings is 1. The van der Waals surface area contributed by atoms with E-state index in [1.165, 1.54) is 32.8 Å². The average Bonchev–Trinajstić information content (AvgIpc) is 3.18. The van der Waals surface area contributed by atoms with Gasteiger partial charge in [-0.15, -0.1) is 0 Å². The molecule has 0 aliphatic carbocycles. The Morgan fingerprint density at radius 2 is 1.47 bits per heavy atom. The molecular formula is C28H19NO. The van der Waals surface area contributed by atoms with Gasteiger partial charge in [0.2, 0.25) is 0 Å². The van der Waals surface area contributed by atoms with Gasteiger partial charge in [0.05, 0.1) is 5.69 Å². The molecule has 6 aromatic rings. The van der Waals surface area contributed by atoms with E-state index in [0.717, 1.165) is 27.8 Å². The first-order valence-corrected chi connectivity index (χ1v) is 10.1. The maximum atomic E-state index is 6.14. The molecule has 30 heavy (non-hydrogen) atoms. The van der Waals surface area contributed by atoms with Crippen LogP contribution in [0, 0.1) is 6.92 Å². The van der Waals surface area contributed by atoms with Gasteiger partial charge in [0, 0.05) is 22.5 Å². The highest BCUT2D eigenvalue weighted by atomic mass is 16.3. The Balaban J connectivity index is 1.59. The van der Waals surface area contributed by atoms with E-state index in [1.807, 2.05) is 12.3 Å². The maximum Gasteiger partial charge on any atom is 0.136 e. The van der Waals surface area contributed by atoms with Crippen LogP contribution in [0.25, 0.3) is 55.1 Å². The van der Waals surface area contributed by atoms with Gasteiger partial charge in [-0.05, 0) is 64.7 Å². The van der Waals surface area contributed by atoms with Crippen molar-refractivity contribution >= 4 is 32.7 Å². The minimum Gasteiger partial charge on any atom is -0.456 e. The molecule has 0 fully saturated rings. The third-order valence-electron chi connectivity index (χ3n) is 5.84. The smallest absolute Gasteiger partial charge is 0.136 e. The summed E-state index contributed by atoms with van der Waals surface area (Å²) in [5, 5.41) is 4.73. The molecule has 0 aliphatic heterocycles. The van der Waals surface area contributed by atoms with Crippen molar-refractivity contribution in [3.8, 4) is 22.4 Å². The molecule has 0 unspecified atom stereocenters. The summed E-state index contributed by atoms with van der Waals surface area (Å²) < 4.78 is 6.14. The number of hydrogen-bond donors (Lipinski definition) is 0. The Morgan fingerprint density at radius 1 is 0.667 bits per heavy atom. The Morgan fingerprint density at radius 3 is 2.37 bits per heavy atom. The van der Waals surface area contributed by atoms with E-state index in [-0.39, 0.29) is 0 Å². The molecule has 4 aromatic carbocycles. The normalized spacial score (nSPS) is 11.5. The number of pyridine rings is 1. The molecule has 0 radical (unpaired) electrons. The Hall–Kier alpha value is -3.91. The molecule has 0 aliphatic rings. The second kappa shape index (κ2) is 6.57. The van der Waals surface area contributed by atoms with Crippen molar-refractivity contribution in [3.63, 3.8) is 0 Å². The Bertz CT molecular complexity index is 1540. The fourth-order valence-corrected chi connectivity index (χ4v) is 4.32. The number of hydrogen-bond acceptors (Lipinski definition) is 2. The summed E-state index contributed by atoms with van der Waals surface area (Å²) in [6.07, 6.45) is 1.96. The summed E-state index contributed by atoms with van der Waals surface area (Å²) in [7, 11) is 0. The zero-order valence-electron chi connectivity index (χ0n) is 16.6. The van der Waals surface area contributed by atoms with Crippen molar-refractivity contribution in [2.45, 2.75) is 6.92 Å². The van der Waals surface area contributed by atoms with E-state index in [0.29, 0.717) is 0 Å². The summed E-state index contributed by atoms with van der Waals surface area (Å²) in [4.78, 5) is 4.74. The van der Waals surface area contributed by atoms with Crippen LogP contribution < -0.4 is 0 Å². The van der Waals surface area contributed by atoms with Gasteiger partial charge in [-0.1, -0.05) is 60.7 Å². The number of aryl methyl sites for hydroxylation is 1. The summed E-state index contributed by atoms with van der Waals surface area (Å²) >= 11 is 0. The molecule has 6 rings (SSSR count). The SMILES string of the molecule is Cc1cnc(-c2ccc3oc4ccc5ccccc5c4c3c2)cc1-c1ccccc1. The summed E-state index contributed by atoms with van der Waals surface area (Å²) in [6.45, 7) is 2.11. The van der Waals surface area contributed by atoms with Gasteiger partial charge in [0.25, 0.3) is 0 Å². The second-order valence-corrected chi connectivity index (χ2v) is 7.72. The molecule has 0 saturated heterocycles. The lowest BCUT2D eigenvalue weighted by Crippen LogP contribution is -1.89.